The van der Waals surface area contributed by atoms with E-state index >= 15 is 0 Å². The number of hydrogen-bond acceptors (Lipinski definition) is 5. The Labute approximate surface area is 161 Å². The number of ether oxygens (including phenoxy) is 1. The van der Waals surface area contributed by atoms with E-state index in [2.05, 4.69) is 14.6 Å². The van der Waals surface area contributed by atoms with Gasteiger partial charge in [-0.3, -0.25) is 4.72 Å². The lowest BCUT2D eigenvalue weighted by atomic mass is 10.2. The first-order valence-electron chi connectivity index (χ1n) is 7.84. The average molecular weight is 406 g/mol. The third-order valence-corrected chi connectivity index (χ3v) is 5.28. The number of aromatic nitrogens is 2. The predicted octanol–water partition coefficient (Wildman–Crippen LogP) is 3.42. The SMILES string of the molecule is COC(=O)c1cccc(S(=O)(=O)Nc2cc(C)nn2-c2cccc(Cl)c2)c1. The molecule has 0 aliphatic rings. The predicted molar refractivity (Wildman–Crippen MR) is 102 cm³/mol. The highest BCUT2D eigenvalue weighted by molar-refractivity contribution is 7.92. The van der Waals surface area contributed by atoms with Crippen molar-refractivity contribution in [1.29, 1.82) is 0 Å². The molecule has 27 heavy (non-hydrogen) atoms. The molecule has 7 nitrogen and oxygen atoms in total. The minimum atomic E-state index is -3.96. The molecule has 0 atom stereocenters. The highest BCUT2D eigenvalue weighted by Crippen LogP contribution is 2.23. The van der Waals surface area contributed by atoms with Crippen LogP contribution in [-0.2, 0) is 14.8 Å². The molecule has 1 heterocycles. The monoisotopic (exact) mass is 405 g/mol. The molecule has 0 amide bonds. The zero-order valence-corrected chi connectivity index (χ0v) is 16.1. The molecule has 2 aromatic carbocycles. The first kappa shape index (κ1) is 18.9. The summed E-state index contributed by atoms with van der Waals surface area (Å²) in [7, 11) is -2.73. The normalized spacial score (nSPS) is 11.2. The van der Waals surface area contributed by atoms with E-state index in [0.717, 1.165) is 0 Å². The van der Waals surface area contributed by atoms with Crippen LogP contribution in [0.5, 0.6) is 0 Å². The van der Waals surface area contributed by atoms with Crippen molar-refractivity contribution < 1.29 is 17.9 Å². The Balaban J connectivity index is 1.99. The number of anilines is 1. The zero-order chi connectivity index (χ0) is 19.6. The number of esters is 1. The summed E-state index contributed by atoms with van der Waals surface area (Å²) in [4.78, 5) is 11.6. The molecule has 0 saturated carbocycles. The quantitative estimate of drug-likeness (QED) is 0.657. The van der Waals surface area contributed by atoms with E-state index in [0.29, 0.717) is 16.4 Å². The van der Waals surface area contributed by atoms with Crippen molar-refractivity contribution in [2.45, 2.75) is 11.8 Å². The molecule has 0 unspecified atom stereocenters. The van der Waals surface area contributed by atoms with Crippen LogP contribution in [0.15, 0.2) is 59.5 Å². The van der Waals surface area contributed by atoms with Gasteiger partial charge in [0.1, 0.15) is 5.82 Å². The van der Waals surface area contributed by atoms with Gasteiger partial charge in [-0.25, -0.2) is 17.9 Å². The molecule has 3 aromatic rings. The lowest BCUT2D eigenvalue weighted by Crippen LogP contribution is -2.16. The lowest BCUT2D eigenvalue weighted by Gasteiger charge is -2.11. The summed E-state index contributed by atoms with van der Waals surface area (Å²) >= 11 is 6.02. The van der Waals surface area contributed by atoms with Crippen molar-refractivity contribution >= 4 is 33.4 Å². The molecule has 0 aliphatic carbocycles. The molecule has 0 aliphatic heterocycles. The van der Waals surface area contributed by atoms with Crippen molar-refractivity contribution in [3.05, 3.63) is 70.9 Å². The van der Waals surface area contributed by atoms with Crippen LogP contribution < -0.4 is 4.72 Å². The van der Waals surface area contributed by atoms with Gasteiger partial charge in [-0.2, -0.15) is 5.10 Å². The number of rotatable bonds is 5. The van der Waals surface area contributed by atoms with Crippen LogP contribution in [0.1, 0.15) is 16.1 Å². The van der Waals surface area contributed by atoms with Gasteiger partial charge in [0.2, 0.25) is 0 Å². The summed E-state index contributed by atoms with van der Waals surface area (Å²) in [5.41, 5.74) is 1.37. The third kappa shape index (κ3) is 4.12. The Morgan fingerprint density at radius 1 is 1.15 bits per heavy atom. The van der Waals surface area contributed by atoms with E-state index in [4.69, 9.17) is 11.6 Å². The zero-order valence-electron chi connectivity index (χ0n) is 14.5. The maximum Gasteiger partial charge on any atom is 0.337 e. The molecular weight excluding hydrogens is 390 g/mol. The minimum Gasteiger partial charge on any atom is -0.465 e. The van der Waals surface area contributed by atoms with Gasteiger partial charge in [-0.05, 0) is 43.3 Å². The highest BCUT2D eigenvalue weighted by atomic mass is 35.5. The van der Waals surface area contributed by atoms with Crippen LogP contribution >= 0.6 is 11.6 Å². The van der Waals surface area contributed by atoms with E-state index < -0.39 is 16.0 Å². The van der Waals surface area contributed by atoms with Crippen molar-refractivity contribution in [2.75, 3.05) is 11.8 Å². The fourth-order valence-corrected chi connectivity index (χ4v) is 3.74. The fraction of sp³-hybridized carbons (Fsp3) is 0.111. The summed E-state index contributed by atoms with van der Waals surface area (Å²) in [6.45, 7) is 1.75. The van der Waals surface area contributed by atoms with Gasteiger partial charge in [0.05, 0.1) is 29.0 Å². The van der Waals surface area contributed by atoms with Crippen LogP contribution in [0.4, 0.5) is 5.82 Å². The number of sulfonamides is 1. The van der Waals surface area contributed by atoms with Gasteiger partial charge in [0, 0.05) is 11.1 Å². The van der Waals surface area contributed by atoms with Crippen LogP contribution in [-0.4, -0.2) is 31.3 Å². The molecule has 0 radical (unpaired) electrons. The van der Waals surface area contributed by atoms with Gasteiger partial charge in [-0.15, -0.1) is 0 Å². The molecule has 1 N–H and O–H groups in total. The maximum absolute atomic E-state index is 12.8. The van der Waals surface area contributed by atoms with Crippen molar-refractivity contribution in [3.63, 3.8) is 0 Å². The molecular formula is C18H16ClN3O4S. The second-order valence-corrected chi connectivity index (χ2v) is 7.81. The molecule has 0 bridgehead atoms. The topological polar surface area (TPSA) is 90.3 Å². The van der Waals surface area contributed by atoms with Gasteiger partial charge >= 0.3 is 5.97 Å². The first-order chi connectivity index (χ1) is 12.8. The van der Waals surface area contributed by atoms with Gasteiger partial charge < -0.3 is 4.74 Å². The second kappa shape index (κ2) is 7.42. The van der Waals surface area contributed by atoms with Crippen LogP contribution in [0.3, 0.4) is 0 Å². The van der Waals surface area contributed by atoms with E-state index in [-0.39, 0.29) is 16.3 Å². The smallest absolute Gasteiger partial charge is 0.337 e. The molecule has 0 fully saturated rings. The average Bonchev–Trinajstić information content (AvgIpc) is 3.00. The molecule has 1 aromatic heterocycles. The van der Waals surface area contributed by atoms with E-state index in [1.165, 1.54) is 36.1 Å². The highest BCUT2D eigenvalue weighted by Gasteiger charge is 2.20. The number of hydrogen-bond donors (Lipinski definition) is 1. The van der Waals surface area contributed by atoms with Gasteiger partial charge in [0.25, 0.3) is 10.0 Å². The summed E-state index contributed by atoms with van der Waals surface area (Å²) < 4.78 is 34.2. The first-order valence-corrected chi connectivity index (χ1v) is 9.70. The van der Waals surface area contributed by atoms with Gasteiger partial charge in [-0.1, -0.05) is 23.7 Å². The van der Waals surface area contributed by atoms with E-state index in [9.17, 15) is 13.2 Å². The maximum atomic E-state index is 12.8. The van der Waals surface area contributed by atoms with Crippen LogP contribution in [0.2, 0.25) is 5.02 Å². The van der Waals surface area contributed by atoms with Crippen LogP contribution in [0, 0.1) is 6.92 Å². The van der Waals surface area contributed by atoms with Crippen molar-refractivity contribution in [2.24, 2.45) is 0 Å². The minimum absolute atomic E-state index is 0.0677. The molecule has 9 heteroatoms. The van der Waals surface area contributed by atoms with Gasteiger partial charge in [0.15, 0.2) is 0 Å². The Morgan fingerprint density at radius 3 is 2.59 bits per heavy atom. The number of benzene rings is 2. The summed E-state index contributed by atoms with van der Waals surface area (Å²) in [5, 5.41) is 4.82. The Kier molecular flexibility index (Phi) is 5.20. The second-order valence-electron chi connectivity index (χ2n) is 5.69. The molecule has 3 rings (SSSR count). The van der Waals surface area contributed by atoms with Crippen LogP contribution in [0.25, 0.3) is 5.69 Å². The number of aryl methyl sites for hydroxylation is 1. The summed E-state index contributed by atoms with van der Waals surface area (Å²) in [6.07, 6.45) is 0. The van der Waals surface area contributed by atoms with E-state index in [1.807, 2.05) is 0 Å². The standard InChI is InChI=1S/C18H16ClN3O4S/c1-12-9-17(22(20-12)15-7-4-6-14(19)11-15)21-27(24,25)16-8-3-5-13(10-16)18(23)26-2/h3-11,21H,1-2H3. The number of methoxy groups -OCH3 is 1. The molecule has 0 spiro atoms. The summed E-state index contributed by atoms with van der Waals surface area (Å²) in [5.74, 6) is -0.370. The van der Waals surface area contributed by atoms with Crippen molar-refractivity contribution in [1.82, 2.24) is 9.78 Å². The largest absolute Gasteiger partial charge is 0.465 e. The number of halogens is 1. The Hall–Kier alpha value is -2.84. The number of carbonyl (C=O) groups is 1. The Bertz CT molecular complexity index is 1110. The number of nitrogens with zero attached hydrogens (tertiary/aromatic N) is 2. The lowest BCUT2D eigenvalue weighted by molar-refractivity contribution is 0.0600. The molecule has 0 saturated heterocycles. The van der Waals surface area contributed by atoms with E-state index in [1.54, 1.807) is 37.3 Å². The Morgan fingerprint density at radius 2 is 1.89 bits per heavy atom. The fourth-order valence-electron chi connectivity index (χ4n) is 2.48. The number of carbonyl (C=O) groups excluding carboxylic acids is 1. The third-order valence-electron chi connectivity index (χ3n) is 3.69. The molecule has 140 valence electrons. The summed E-state index contributed by atoms with van der Waals surface area (Å²) in [6, 6.07) is 14.1. The van der Waals surface area contributed by atoms with Crippen molar-refractivity contribution in [3.8, 4) is 5.69 Å². The number of nitrogens with one attached hydrogen (secondary N) is 1.